The number of nitrogens with one attached hydrogen (secondary N) is 1. The number of hydrogen-bond donors (Lipinski definition) is 1. The molecule has 0 fully saturated rings. The first kappa shape index (κ1) is 20.1. The Labute approximate surface area is 168 Å². The van der Waals surface area contributed by atoms with Crippen LogP contribution in [0.15, 0.2) is 60.7 Å². The van der Waals surface area contributed by atoms with Gasteiger partial charge in [-0.25, -0.2) is 4.79 Å². The second kappa shape index (κ2) is 9.01. The van der Waals surface area contributed by atoms with Crippen molar-refractivity contribution in [2.75, 3.05) is 19.0 Å². The van der Waals surface area contributed by atoms with Gasteiger partial charge in [-0.1, -0.05) is 31.2 Å². The molecule has 0 unspecified atom stereocenters. The van der Waals surface area contributed by atoms with Gasteiger partial charge in [0, 0.05) is 17.7 Å². The minimum atomic E-state index is -0.632. The molecule has 29 heavy (non-hydrogen) atoms. The molecule has 3 aromatic rings. The monoisotopic (exact) mass is 391 g/mol. The van der Waals surface area contributed by atoms with Gasteiger partial charge in [0.1, 0.15) is 11.3 Å². The highest BCUT2D eigenvalue weighted by atomic mass is 16.5. The summed E-state index contributed by atoms with van der Waals surface area (Å²) >= 11 is 0. The number of Topliss-reactive ketones (excluding diaryl/α,β-unsaturated/α-hetero) is 1. The van der Waals surface area contributed by atoms with Crippen LogP contribution < -0.4 is 10.1 Å². The Kier molecular flexibility index (Phi) is 6.24. The van der Waals surface area contributed by atoms with Crippen molar-refractivity contribution < 1.29 is 23.9 Å². The van der Waals surface area contributed by atoms with E-state index in [-0.39, 0.29) is 17.3 Å². The summed E-state index contributed by atoms with van der Waals surface area (Å²) in [5.41, 5.74) is 1.25. The quantitative estimate of drug-likeness (QED) is 0.481. The van der Waals surface area contributed by atoms with Crippen LogP contribution >= 0.6 is 0 Å². The summed E-state index contributed by atoms with van der Waals surface area (Å²) in [4.78, 5) is 36.3. The van der Waals surface area contributed by atoms with Crippen LogP contribution in [0.4, 0.5) is 5.69 Å². The van der Waals surface area contributed by atoms with E-state index in [0.717, 1.165) is 10.8 Å². The molecule has 3 aromatic carbocycles. The van der Waals surface area contributed by atoms with Gasteiger partial charge in [0.2, 0.25) is 5.91 Å². The lowest BCUT2D eigenvalue weighted by Gasteiger charge is -2.10. The van der Waals surface area contributed by atoms with Crippen molar-refractivity contribution in [3.63, 3.8) is 0 Å². The molecular formula is C23H21NO5. The maximum absolute atomic E-state index is 12.5. The lowest BCUT2D eigenvalue weighted by molar-refractivity contribution is -0.115. The van der Waals surface area contributed by atoms with E-state index in [1.807, 2.05) is 24.3 Å². The number of anilines is 1. The molecule has 3 rings (SSSR count). The maximum Gasteiger partial charge on any atom is 0.342 e. The molecule has 6 heteroatoms. The third-order valence-corrected chi connectivity index (χ3v) is 4.43. The van der Waals surface area contributed by atoms with Crippen molar-refractivity contribution in [3.8, 4) is 5.75 Å². The van der Waals surface area contributed by atoms with Crippen molar-refractivity contribution in [2.24, 2.45) is 0 Å². The summed E-state index contributed by atoms with van der Waals surface area (Å²) in [5, 5.41) is 4.52. The predicted octanol–water partition coefficient (Wildman–Crippen LogP) is 4.24. The van der Waals surface area contributed by atoms with E-state index in [1.165, 1.54) is 7.11 Å². The van der Waals surface area contributed by atoms with Crippen LogP contribution in [-0.4, -0.2) is 31.4 Å². The van der Waals surface area contributed by atoms with Gasteiger partial charge in [-0.15, -0.1) is 0 Å². The number of benzene rings is 3. The van der Waals surface area contributed by atoms with Crippen LogP contribution in [0.2, 0.25) is 0 Å². The van der Waals surface area contributed by atoms with Gasteiger partial charge in [-0.05, 0) is 47.2 Å². The molecule has 0 atom stereocenters. The number of carbonyl (C=O) groups excluding carboxylic acids is 3. The summed E-state index contributed by atoms with van der Waals surface area (Å²) in [6.45, 7) is 1.36. The van der Waals surface area contributed by atoms with Crippen LogP contribution in [0, 0.1) is 0 Å². The third kappa shape index (κ3) is 4.79. The Morgan fingerprint density at radius 1 is 0.931 bits per heavy atom. The van der Waals surface area contributed by atoms with E-state index in [2.05, 4.69) is 5.32 Å². The second-order valence-electron chi connectivity index (χ2n) is 6.38. The molecule has 0 radical (unpaired) electrons. The van der Waals surface area contributed by atoms with Crippen LogP contribution in [0.5, 0.6) is 5.75 Å². The van der Waals surface area contributed by atoms with Crippen LogP contribution in [-0.2, 0) is 9.53 Å². The molecule has 1 N–H and O–H groups in total. The molecule has 0 aliphatic rings. The van der Waals surface area contributed by atoms with Gasteiger partial charge in [-0.3, -0.25) is 9.59 Å². The normalized spacial score (nSPS) is 10.4. The topological polar surface area (TPSA) is 81.7 Å². The van der Waals surface area contributed by atoms with Crippen LogP contribution in [0.3, 0.4) is 0 Å². The Morgan fingerprint density at radius 2 is 1.59 bits per heavy atom. The second-order valence-corrected chi connectivity index (χ2v) is 6.38. The first-order valence-electron chi connectivity index (χ1n) is 9.19. The first-order valence-corrected chi connectivity index (χ1v) is 9.19. The van der Waals surface area contributed by atoms with E-state index in [1.54, 1.807) is 43.3 Å². The molecular weight excluding hydrogens is 370 g/mol. The fraction of sp³-hybridized carbons (Fsp3) is 0.174. The van der Waals surface area contributed by atoms with Gasteiger partial charge < -0.3 is 14.8 Å². The predicted molar refractivity (Wildman–Crippen MR) is 110 cm³/mol. The molecule has 0 saturated heterocycles. The van der Waals surface area contributed by atoms with E-state index >= 15 is 0 Å². The molecule has 0 spiro atoms. The van der Waals surface area contributed by atoms with Gasteiger partial charge in [-0.2, -0.15) is 0 Å². The highest BCUT2D eigenvalue weighted by Crippen LogP contribution is 2.26. The minimum absolute atomic E-state index is 0.109. The fourth-order valence-corrected chi connectivity index (χ4v) is 2.83. The standard InChI is InChI=1S/C23H21NO5/c1-3-22(26)24-18-10-8-15(9-11-18)20(25)14-29-23(27)19-12-16-6-4-5-7-17(16)13-21(19)28-2/h4-13H,3,14H2,1-2H3,(H,24,26). The summed E-state index contributed by atoms with van der Waals surface area (Å²) in [5.74, 6) is -0.696. The smallest absolute Gasteiger partial charge is 0.342 e. The van der Waals surface area contributed by atoms with Crippen molar-refractivity contribution in [2.45, 2.75) is 13.3 Å². The van der Waals surface area contributed by atoms with Crippen molar-refractivity contribution in [1.82, 2.24) is 0 Å². The van der Waals surface area contributed by atoms with E-state index in [9.17, 15) is 14.4 Å². The van der Waals surface area contributed by atoms with E-state index in [0.29, 0.717) is 23.4 Å². The highest BCUT2D eigenvalue weighted by molar-refractivity contribution is 6.02. The first-order chi connectivity index (χ1) is 14.0. The van der Waals surface area contributed by atoms with Crippen LogP contribution in [0.1, 0.15) is 34.1 Å². The number of fused-ring (bicyclic) bond motifs is 1. The molecule has 0 bridgehead atoms. The largest absolute Gasteiger partial charge is 0.496 e. The molecule has 6 nitrogen and oxygen atoms in total. The molecule has 0 aliphatic heterocycles. The molecule has 148 valence electrons. The van der Waals surface area contributed by atoms with Gasteiger partial charge in [0.15, 0.2) is 12.4 Å². The van der Waals surface area contributed by atoms with Crippen molar-refractivity contribution in [1.29, 1.82) is 0 Å². The number of amides is 1. The van der Waals surface area contributed by atoms with Gasteiger partial charge in [0.25, 0.3) is 0 Å². The number of rotatable bonds is 7. The van der Waals surface area contributed by atoms with Crippen LogP contribution in [0.25, 0.3) is 10.8 Å². The zero-order valence-corrected chi connectivity index (χ0v) is 16.2. The average Bonchev–Trinajstić information content (AvgIpc) is 2.76. The highest BCUT2D eigenvalue weighted by Gasteiger charge is 2.17. The number of ether oxygens (including phenoxy) is 2. The third-order valence-electron chi connectivity index (χ3n) is 4.43. The fourth-order valence-electron chi connectivity index (χ4n) is 2.83. The summed E-state index contributed by atoms with van der Waals surface area (Å²) in [6, 6.07) is 17.5. The van der Waals surface area contributed by atoms with E-state index < -0.39 is 12.6 Å². The number of ketones is 1. The van der Waals surface area contributed by atoms with Crippen molar-refractivity contribution >= 4 is 34.1 Å². The number of esters is 1. The van der Waals surface area contributed by atoms with E-state index in [4.69, 9.17) is 9.47 Å². The lowest BCUT2D eigenvalue weighted by Crippen LogP contribution is -2.15. The van der Waals surface area contributed by atoms with Crippen molar-refractivity contribution in [3.05, 3.63) is 71.8 Å². The summed E-state index contributed by atoms with van der Waals surface area (Å²) in [6.07, 6.45) is 0.370. The molecule has 1 amide bonds. The molecule has 0 aromatic heterocycles. The Morgan fingerprint density at radius 3 is 2.21 bits per heavy atom. The van der Waals surface area contributed by atoms with Gasteiger partial charge >= 0.3 is 5.97 Å². The Bertz CT molecular complexity index is 1060. The zero-order valence-electron chi connectivity index (χ0n) is 16.2. The lowest BCUT2D eigenvalue weighted by atomic mass is 10.1. The number of carbonyl (C=O) groups is 3. The summed E-state index contributed by atoms with van der Waals surface area (Å²) < 4.78 is 10.5. The molecule has 0 saturated carbocycles. The average molecular weight is 391 g/mol. The minimum Gasteiger partial charge on any atom is -0.496 e. The number of methoxy groups -OCH3 is 1. The molecule has 0 aliphatic carbocycles. The zero-order chi connectivity index (χ0) is 20.8. The Balaban J connectivity index is 1.68. The summed E-state index contributed by atoms with van der Waals surface area (Å²) in [7, 11) is 1.48. The SMILES string of the molecule is CCC(=O)Nc1ccc(C(=O)COC(=O)c2cc3ccccc3cc2OC)cc1. The number of hydrogen-bond acceptors (Lipinski definition) is 5. The van der Waals surface area contributed by atoms with Gasteiger partial charge in [0.05, 0.1) is 7.11 Å². The Hall–Kier alpha value is -3.67. The maximum atomic E-state index is 12.5. The molecule has 0 heterocycles.